The Hall–Kier alpha value is -6.30. The molecule has 11 aromatic rings. The number of nitrogens with zero attached hydrogens (tertiary/aromatic N) is 3. The van der Waals surface area contributed by atoms with Gasteiger partial charge in [-0.15, -0.1) is 11.3 Å². The van der Waals surface area contributed by atoms with E-state index in [1.807, 2.05) is 12.1 Å². The Morgan fingerprint density at radius 1 is 0.510 bits per heavy atom. The molecule has 0 aliphatic rings. The van der Waals surface area contributed by atoms with E-state index in [1.165, 1.54) is 20.9 Å². The maximum atomic E-state index is 6.22. The summed E-state index contributed by atoms with van der Waals surface area (Å²) in [6.07, 6.45) is 0. The Morgan fingerprint density at radius 3 is 2.14 bits per heavy atom. The van der Waals surface area contributed by atoms with Crippen LogP contribution < -0.4 is 0 Å². The lowest BCUT2D eigenvalue weighted by Crippen LogP contribution is -2.03. The zero-order valence-electron chi connectivity index (χ0n) is 26.1. The topological polar surface area (TPSA) is 43.9 Å². The van der Waals surface area contributed by atoms with Gasteiger partial charge in [-0.05, 0) is 52.7 Å². The molecule has 49 heavy (non-hydrogen) atoms. The molecule has 0 N–H and O–H groups in total. The van der Waals surface area contributed by atoms with Gasteiger partial charge in [0, 0.05) is 42.8 Å². The molecule has 5 heteroatoms. The normalized spacial score (nSPS) is 12.1. The first-order valence-corrected chi connectivity index (χ1v) is 17.2. The number of fused-ring (bicyclic) bond motifs is 10. The fourth-order valence-electron chi connectivity index (χ4n) is 7.56. The predicted octanol–water partition coefficient (Wildman–Crippen LogP) is 12.3. The maximum absolute atomic E-state index is 6.22. The predicted molar refractivity (Wildman–Crippen MR) is 205 cm³/mol. The molecule has 0 saturated heterocycles. The second-order valence-corrected chi connectivity index (χ2v) is 13.6. The van der Waals surface area contributed by atoms with Gasteiger partial charge < -0.3 is 4.42 Å². The van der Waals surface area contributed by atoms with Gasteiger partial charge in [0.05, 0.1) is 26.9 Å². The van der Waals surface area contributed by atoms with E-state index in [2.05, 4.69) is 144 Å². The molecule has 228 valence electrons. The fourth-order valence-corrected chi connectivity index (χ4v) is 8.71. The van der Waals surface area contributed by atoms with Crippen molar-refractivity contribution >= 4 is 86.2 Å². The Kier molecular flexibility index (Phi) is 5.51. The molecule has 11 rings (SSSR count). The first-order valence-electron chi connectivity index (χ1n) is 16.4. The minimum absolute atomic E-state index is 0.660. The second-order valence-electron chi connectivity index (χ2n) is 12.6. The zero-order valence-corrected chi connectivity index (χ0v) is 26.9. The van der Waals surface area contributed by atoms with Gasteiger partial charge in [-0.1, -0.05) is 115 Å². The average molecular weight is 644 g/mol. The summed E-state index contributed by atoms with van der Waals surface area (Å²) in [5.41, 5.74) is 9.17. The van der Waals surface area contributed by atoms with Crippen LogP contribution in [0.2, 0.25) is 0 Å². The molecule has 0 fully saturated rings. The van der Waals surface area contributed by atoms with E-state index in [-0.39, 0.29) is 0 Å². The van der Waals surface area contributed by atoms with E-state index in [0.29, 0.717) is 5.95 Å². The fraction of sp³-hybridized carbons (Fsp3) is 0. The SMILES string of the molecule is c1ccc(-c2nc(-n3c4cc5ccccc5cc4c4cccc(-c5ccc6oc7ccccc7c6c5)c43)nc3c2sc2ccccc23)cc1. The van der Waals surface area contributed by atoms with E-state index in [9.17, 15) is 0 Å². The third-order valence-electron chi connectivity index (χ3n) is 9.80. The van der Waals surface area contributed by atoms with Crippen LogP contribution in [0.4, 0.5) is 0 Å². The quantitative estimate of drug-likeness (QED) is 0.192. The number of hydrogen-bond donors (Lipinski definition) is 0. The molecule has 0 amide bonds. The average Bonchev–Trinajstić information content (AvgIpc) is 3.83. The van der Waals surface area contributed by atoms with Crippen molar-refractivity contribution in [2.24, 2.45) is 0 Å². The molecule has 4 aromatic heterocycles. The number of para-hydroxylation sites is 2. The van der Waals surface area contributed by atoms with Gasteiger partial charge in [0.25, 0.3) is 0 Å². The molecular weight excluding hydrogens is 619 g/mol. The molecular formula is C44H25N3OS. The first kappa shape index (κ1) is 26.7. The number of hydrogen-bond acceptors (Lipinski definition) is 4. The number of thiophene rings is 1. The maximum Gasteiger partial charge on any atom is 0.235 e. The van der Waals surface area contributed by atoms with E-state index in [4.69, 9.17) is 14.4 Å². The Bertz CT molecular complexity index is 3110. The van der Waals surface area contributed by atoms with E-state index < -0.39 is 0 Å². The second kappa shape index (κ2) is 10.1. The van der Waals surface area contributed by atoms with Crippen molar-refractivity contribution in [3.63, 3.8) is 0 Å². The molecule has 0 unspecified atom stereocenters. The summed E-state index contributed by atoms with van der Waals surface area (Å²) >= 11 is 1.76. The summed E-state index contributed by atoms with van der Waals surface area (Å²) in [5.74, 6) is 0.660. The Morgan fingerprint density at radius 2 is 1.24 bits per heavy atom. The van der Waals surface area contributed by atoms with Gasteiger partial charge in [0.1, 0.15) is 11.2 Å². The highest BCUT2D eigenvalue weighted by Gasteiger charge is 2.22. The number of benzene rings is 7. The van der Waals surface area contributed by atoms with E-state index >= 15 is 0 Å². The van der Waals surface area contributed by atoms with Crippen molar-refractivity contribution in [1.29, 1.82) is 0 Å². The highest BCUT2D eigenvalue weighted by atomic mass is 32.1. The molecule has 0 atom stereocenters. The Labute approximate surface area is 284 Å². The van der Waals surface area contributed by atoms with Crippen molar-refractivity contribution in [3.8, 4) is 28.3 Å². The van der Waals surface area contributed by atoms with Crippen LogP contribution in [-0.4, -0.2) is 14.5 Å². The summed E-state index contributed by atoms with van der Waals surface area (Å²) < 4.78 is 10.8. The molecule has 0 aliphatic carbocycles. The van der Waals surface area contributed by atoms with Crippen LogP contribution in [0.15, 0.2) is 156 Å². The molecule has 0 bridgehead atoms. The van der Waals surface area contributed by atoms with Crippen molar-refractivity contribution in [2.75, 3.05) is 0 Å². The van der Waals surface area contributed by atoms with E-state index in [1.54, 1.807) is 11.3 Å². The van der Waals surface area contributed by atoms with Gasteiger partial charge in [-0.3, -0.25) is 4.57 Å². The van der Waals surface area contributed by atoms with Crippen LogP contribution >= 0.6 is 11.3 Å². The number of furan rings is 1. The number of rotatable bonds is 3. The van der Waals surface area contributed by atoms with Gasteiger partial charge in [0.15, 0.2) is 0 Å². The molecule has 0 spiro atoms. The lowest BCUT2D eigenvalue weighted by molar-refractivity contribution is 0.669. The van der Waals surface area contributed by atoms with Crippen LogP contribution in [0.3, 0.4) is 0 Å². The highest BCUT2D eigenvalue weighted by Crippen LogP contribution is 2.43. The molecule has 7 aromatic carbocycles. The molecule has 4 heterocycles. The van der Waals surface area contributed by atoms with Crippen LogP contribution in [0.1, 0.15) is 0 Å². The third kappa shape index (κ3) is 3.91. The number of aromatic nitrogens is 3. The van der Waals surface area contributed by atoms with Crippen LogP contribution in [-0.2, 0) is 0 Å². The van der Waals surface area contributed by atoms with Crippen LogP contribution in [0, 0.1) is 0 Å². The molecule has 0 aliphatic heterocycles. The molecule has 0 saturated carbocycles. The minimum Gasteiger partial charge on any atom is -0.456 e. The summed E-state index contributed by atoms with van der Waals surface area (Å²) in [5, 5.41) is 8.08. The first-order chi connectivity index (χ1) is 24.3. The zero-order chi connectivity index (χ0) is 32.1. The lowest BCUT2D eigenvalue weighted by atomic mass is 9.99. The highest BCUT2D eigenvalue weighted by molar-refractivity contribution is 7.26. The molecule has 4 nitrogen and oxygen atoms in total. The van der Waals surface area contributed by atoms with Crippen molar-refractivity contribution in [1.82, 2.24) is 14.5 Å². The monoisotopic (exact) mass is 643 g/mol. The van der Waals surface area contributed by atoms with Crippen molar-refractivity contribution in [2.45, 2.75) is 0 Å². The standard InChI is InChI=1S/C44H25N3OS/c1-2-11-26(12-3-1)40-43-41(33-16-7-9-20-39(33)49-43)46-44(45-40)47-36-25-28-14-5-4-13-27(28)23-34(36)32-18-10-17-30(42(32)47)29-21-22-38-35(24-29)31-15-6-8-19-37(31)48-38/h1-25H. The largest absolute Gasteiger partial charge is 0.456 e. The summed E-state index contributed by atoms with van der Waals surface area (Å²) in [6, 6.07) is 53.6. The lowest BCUT2D eigenvalue weighted by Gasteiger charge is -2.13. The van der Waals surface area contributed by atoms with Crippen LogP contribution in [0.5, 0.6) is 0 Å². The smallest absolute Gasteiger partial charge is 0.235 e. The summed E-state index contributed by atoms with van der Waals surface area (Å²) in [7, 11) is 0. The van der Waals surface area contributed by atoms with Crippen molar-refractivity contribution < 1.29 is 4.42 Å². The van der Waals surface area contributed by atoms with Gasteiger partial charge in [0.2, 0.25) is 5.95 Å². The van der Waals surface area contributed by atoms with Gasteiger partial charge >= 0.3 is 0 Å². The van der Waals surface area contributed by atoms with Crippen LogP contribution in [0.25, 0.3) is 103 Å². The van der Waals surface area contributed by atoms with Gasteiger partial charge in [-0.25, -0.2) is 9.97 Å². The van der Waals surface area contributed by atoms with Gasteiger partial charge in [-0.2, -0.15) is 0 Å². The third-order valence-corrected chi connectivity index (χ3v) is 11.0. The van der Waals surface area contributed by atoms with Crippen molar-refractivity contribution in [3.05, 3.63) is 152 Å². The summed E-state index contributed by atoms with van der Waals surface area (Å²) in [6.45, 7) is 0. The Balaban J connectivity index is 1.30. The minimum atomic E-state index is 0.660. The molecule has 0 radical (unpaired) electrons. The summed E-state index contributed by atoms with van der Waals surface area (Å²) in [4.78, 5) is 10.9. The van der Waals surface area contributed by atoms with E-state index in [0.717, 1.165) is 76.3 Å².